The number of aryl methyl sites for hydroxylation is 2. The number of allylic oxidation sites excluding steroid dienone is 1. The summed E-state index contributed by atoms with van der Waals surface area (Å²) in [6, 6.07) is 8.03. The van der Waals surface area contributed by atoms with Gasteiger partial charge < -0.3 is 4.98 Å². The quantitative estimate of drug-likeness (QED) is 0.440. The van der Waals surface area contributed by atoms with E-state index in [1.165, 1.54) is 29.5 Å². The van der Waals surface area contributed by atoms with Crippen LogP contribution >= 0.6 is 11.3 Å². The van der Waals surface area contributed by atoms with Crippen LogP contribution < -0.4 is 5.56 Å². The standard InChI is InChI=1S/C17H12N4O3S/c1-9-10(2)25-17-14(9)16(22)19-15(20-17)12(8-18)7-11-5-3-4-6-13(11)21(23)24/h3-7H,1-2H3,(H,19,20,22)/b12-7+. The lowest BCUT2D eigenvalue weighted by Gasteiger charge is -2.01. The second kappa shape index (κ2) is 6.30. The number of fused-ring (bicyclic) bond motifs is 1. The summed E-state index contributed by atoms with van der Waals surface area (Å²) in [7, 11) is 0. The molecular formula is C17H12N4O3S. The topological polar surface area (TPSA) is 113 Å². The Labute approximate surface area is 146 Å². The monoisotopic (exact) mass is 352 g/mol. The van der Waals surface area contributed by atoms with E-state index in [9.17, 15) is 20.2 Å². The Morgan fingerprint density at radius 1 is 1.40 bits per heavy atom. The molecule has 0 unspecified atom stereocenters. The third-order valence-corrected chi connectivity index (χ3v) is 4.95. The maximum atomic E-state index is 12.3. The maximum absolute atomic E-state index is 12.3. The number of nitrogens with zero attached hydrogens (tertiary/aromatic N) is 3. The van der Waals surface area contributed by atoms with Crippen LogP contribution in [0.4, 0.5) is 5.69 Å². The fraction of sp³-hybridized carbons (Fsp3) is 0.118. The number of rotatable bonds is 3. The van der Waals surface area contributed by atoms with Crippen LogP contribution in [-0.2, 0) is 0 Å². The second-order valence-corrected chi connectivity index (χ2v) is 6.57. The van der Waals surface area contributed by atoms with Gasteiger partial charge in [-0.05, 0) is 31.6 Å². The Hall–Kier alpha value is -3.31. The molecule has 3 rings (SSSR count). The predicted octanol–water partition coefficient (Wildman–Crippen LogP) is 3.57. The Bertz CT molecular complexity index is 1130. The molecule has 8 heteroatoms. The van der Waals surface area contributed by atoms with E-state index in [-0.39, 0.29) is 28.2 Å². The summed E-state index contributed by atoms with van der Waals surface area (Å²) in [6.07, 6.45) is 1.36. The number of nitro benzene ring substituents is 1. The number of aromatic amines is 1. The van der Waals surface area contributed by atoms with E-state index in [1.54, 1.807) is 12.1 Å². The zero-order valence-electron chi connectivity index (χ0n) is 13.4. The number of H-pyrrole nitrogens is 1. The smallest absolute Gasteiger partial charge is 0.276 e. The first-order chi connectivity index (χ1) is 11.9. The van der Waals surface area contributed by atoms with Crippen molar-refractivity contribution < 1.29 is 4.92 Å². The zero-order chi connectivity index (χ0) is 18.1. The van der Waals surface area contributed by atoms with Gasteiger partial charge >= 0.3 is 0 Å². The zero-order valence-corrected chi connectivity index (χ0v) is 14.2. The molecule has 0 bridgehead atoms. The van der Waals surface area contributed by atoms with Crippen molar-refractivity contribution in [1.29, 1.82) is 5.26 Å². The van der Waals surface area contributed by atoms with Crippen molar-refractivity contribution in [2.24, 2.45) is 0 Å². The van der Waals surface area contributed by atoms with Crippen LogP contribution in [0.5, 0.6) is 0 Å². The minimum atomic E-state index is -0.522. The molecule has 0 spiro atoms. The minimum Gasteiger partial charge on any atom is -0.305 e. The van der Waals surface area contributed by atoms with Crippen LogP contribution in [0.2, 0.25) is 0 Å². The first kappa shape index (κ1) is 16.5. The van der Waals surface area contributed by atoms with Gasteiger partial charge in [-0.2, -0.15) is 5.26 Å². The van der Waals surface area contributed by atoms with Gasteiger partial charge in [0.15, 0.2) is 5.82 Å². The van der Waals surface area contributed by atoms with E-state index >= 15 is 0 Å². The highest BCUT2D eigenvalue weighted by molar-refractivity contribution is 7.18. The van der Waals surface area contributed by atoms with Crippen molar-refractivity contribution in [1.82, 2.24) is 9.97 Å². The number of nitro groups is 1. The van der Waals surface area contributed by atoms with Crippen molar-refractivity contribution in [3.63, 3.8) is 0 Å². The molecule has 7 nitrogen and oxygen atoms in total. The summed E-state index contributed by atoms with van der Waals surface area (Å²) in [5, 5.41) is 21.1. The molecule has 1 aromatic carbocycles. The Morgan fingerprint density at radius 3 is 2.80 bits per heavy atom. The molecule has 0 saturated carbocycles. The van der Waals surface area contributed by atoms with Gasteiger partial charge in [0.1, 0.15) is 10.9 Å². The van der Waals surface area contributed by atoms with Gasteiger partial charge in [0.25, 0.3) is 11.2 Å². The second-order valence-electron chi connectivity index (χ2n) is 5.36. The van der Waals surface area contributed by atoms with Gasteiger partial charge in [-0.1, -0.05) is 12.1 Å². The molecule has 0 aliphatic rings. The van der Waals surface area contributed by atoms with Crippen molar-refractivity contribution in [2.45, 2.75) is 13.8 Å². The van der Waals surface area contributed by atoms with Gasteiger partial charge in [-0.3, -0.25) is 14.9 Å². The molecule has 0 fully saturated rings. The van der Waals surface area contributed by atoms with Crippen LogP contribution in [0.15, 0.2) is 29.1 Å². The third-order valence-electron chi connectivity index (χ3n) is 3.85. The van der Waals surface area contributed by atoms with Crippen LogP contribution in [0, 0.1) is 35.3 Å². The predicted molar refractivity (Wildman–Crippen MR) is 96.3 cm³/mol. The number of hydrogen-bond acceptors (Lipinski definition) is 6. The summed E-state index contributed by atoms with van der Waals surface area (Å²) < 4.78 is 0. The number of benzene rings is 1. The molecule has 0 atom stereocenters. The summed E-state index contributed by atoms with van der Waals surface area (Å²) in [4.78, 5) is 31.4. The molecule has 0 saturated heterocycles. The summed E-state index contributed by atoms with van der Waals surface area (Å²) in [5.41, 5.74) is 0.732. The van der Waals surface area contributed by atoms with E-state index in [4.69, 9.17) is 0 Å². The fourth-order valence-corrected chi connectivity index (χ4v) is 3.50. The lowest BCUT2D eigenvalue weighted by molar-refractivity contribution is -0.385. The van der Waals surface area contributed by atoms with Gasteiger partial charge in [-0.25, -0.2) is 4.98 Å². The Morgan fingerprint density at radius 2 is 2.12 bits per heavy atom. The van der Waals surface area contributed by atoms with E-state index < -0.39 is 4.92 Å². The molecule has 0 radical (unpaired) electrons. The van der Waals surface area contributed by atoms with Gasteiger partial charge in [-0.15, -0.1) is 11.3 Å². The number of thiophene rings is 1. The molecule has 2 heterocycles. The number of nitrogens with one attached hydrogen (secondary N) is 1. The van der Waals surface area contributed by atoms with Crippen molar-refractivity contribution >= 4 is 38.9 Å². The number of para-hydroxylation sites is 1. The minimum absolute atomic E-state index is 0.0528. The van der Waals surface area contributed by atoms with Crippen molar-refractivity contribution in [2.75, 3.05) is 0 Å². The molecule has 124 valence electrons. The lowest BCUT2D eigenvalue weighted by Crippen LogP contribution is -2.10. The molecule has 2 aromatic heterocycles. The lowest BCUT2D eigenvalue weighted by atomic mass is 10.1. The van der Waals surface area contributed by atoms with Gasteiger partial charge in [0, 0.05) is 10.9 Å². The Balaban J connectivity index is 2.21. The highest BCUT2D eigenvalue weighted by Gasteiger charge is 2.16. The number of nitriles is 1. The molecule has 0 amide bonds. The van der Waals surface area contributed by atoms with Gasteiger partial charge in [0.05, 0.1) is 21.4 Å². The van der Waals surface area contributed by atoms with E-state index in [0.717, 1.165) is 10.4 Å². The largest absolute Gasteiger partial charge is 0.305 e. The SMILES string of the molecule is Cc1sc2nc(/C(C#N)=C/c3ccccc3[N+](=O)[O-])[nH]c(=O)c2c1C. The van der Waals surface area contributed by atoms with Crippen LogP contribution in [0.25, 0.3) is 21.9 Å². The Kier molecular flexibility index (Phi) is 4.17. The van der Waals surface area contributed by atoms with Crippen molar-refractivity contribution in [3.05, 3.63) is 66.6 Å². The number of aromatic nitrogens is 2. The average molecular weight is 352 g/mol. The first-order valence-electron chi connectivity index (χ1n) is 7.28. The first-order valence-corrected chi connectivity index (χ1v) is 8.09. The highest BCUT2D eigenvalue weighted by Crippen LogP contribution is 2.27. The summed E-state index contributed by atoms with van der Waals surface area (Å²) in [5.74, 6) is 0.0967. The van der Waals surface area contributed by atoms with Crippen LogP contribution in [0.3, 0.4) is 0 Å². The van der Waals surface area contributed by atoms with Crippen LogP contribution in [-0.4, -0.2) is 14.9 Å². The van der Waals surface area contributed by atoms with E-state index in [1.807, 2.05) is 19.9 Å². The van der Waals surface area contributed by atoms with E-state index in [2.05, 4.69) is 9.97 Å². The molecule has 3 aromatic rings. The van der Waals surface area contributed by atoms with Crippen molar-refractivity contribution in [3.8, 4) is 6.07 Å². The molecule has 1 N–H and O–H groups in total. The molecule has 25 heavy (non-hydrogen) atoms. The maximum Gasteiger partial charge on any atom is 0.276 e. The molecular weight excluding hydrogens is 340 g/mol. The normalized spacial score (nSPS) is 11.5. The van der Waals surface area contributed by atoms with Crippen LogP contribution in [0.1, 0.15) is 21.8 Å². The van der Waals surface area contributed by atoms with Gasteiger partial charge in [0.2, 0.25) is 0 Å². The fourth-order valence-electron chi connectivity index (χ4n) is 2.47. The molecule has 0 aliphatic carbocycles. The third kappa shape index (κ3) is 2.93. The molecule has 0 aliphatic heterocycles. The summed E-state index contributed by atoms with van der Waals surface area (Å²) in [6.45, 7) is 3.74. The average Bonchev–Trinajstić information content (AvgIpc) is 2.87. The number of hydrogen-bond donors (Lipinski definition) is 1. The van der Waals surface area contributed by atoms with E-state index in [0.29, 0.717) is 10.2 Å². The summed E-state index contributed by atoms with van der Waals surface area (Å²) >= 11 is 1.37. The highest BCUT2D eigenvalue weighted by atomic mass is 32.1.